The molecule has 0 aliphatic heterocycles. The summed E-state index contributed by atoms with van der Waals surface area (Å²) in [4.78, 5) is 11.6. The van der Waals surface area contributed by atoms with Crippen LogP contribution in [0.15, 0.2) is 6.20 Å². The van der Waals surface area contributed by atoms with E-state index in [-0.39, 0.29) is 5.91 Å². The highest BCUT2D eigenvalue weighted by molar-refractivity contribution is 5.77. The molecule has 0 atom stereocenters. The van der Waals surface area contributed by atoms with Crippen LogP contribution in [0, 0.1) is 11.8 Å². The zero-order chi connectivity index (χ0) is 11.4. The monoisotopic (exact) mass is 209 g/mol. The molecule has 0 aliphatic rings. The molecule has 1 rings (SSSR count). The van der Waals surface area contributed by atoms with E-state index in [1.54, 1.807) is 6.20 Å². The minimum absolute atomic E-state index is 0.0208. The lowest BCUT2D eigenvalue weighted by Gasteiger charge is -2.01. The van der Waals surface area contributed by atoms with Gasteiger partial charge in [-0.2, -0.15) is 4.68 Å². The van der Waals surface area contributed by atoms with Gasteiger partial charge in [0.1, 0.15) is 0 Å². The van der Waals surface area contributed by atoms with Gasteiger partial charge in [0.25, 0.3) is 0 Å². The number of aromatic nitrogens is 3. The van der Waals surface area contributed by atoms with Crippen molar-refractivity contribution in [2.75, 3.05) is 0 Å². The summed E-state index contributed by atoms with van der Waals surface area (Å²) in [7, 11) is 0. The third kappa shape index (κ3) is 3.81. The molecular formula is C11H19N3O. The Bertz CT molecular complexity index is 328. The van der Waals surface area contributed by atoms with E-state index >= 15 is 0 Å². The molecule has 0 fully saturated rings. The van der Waals surface area contributed by atoms with Crippen molar-refractivity contribution < 1.29 is 4.79 Å². The van der Waals surface area contributed by atoms with Crippen LogP contribution in [-0.4, -0.2) is 20.9 Å². The zero-order valence-electron chi connectivity index (χ0n) is 9.90. The fraction of sp³-hybridized carbons (Fsp3) is 0.727. The molecular weight excluding hydrogens is 190 g/mol. The Morgan fingerprint density at radius 3 is 2.53 bits per heavy atom. The van der Waals surface area contributed by atoms with Gasteiger partial charge in [0.15, 0.2) is 0 Å². The summed E-state index contributed by atoms with van der Waals surface area (Å²) >= 11 is 0. The van der Waals surface area contributed by atoms with Crippen LogP contribution in [0.1, 0.15) is 44.6 Å². The van der Waals surface area contributed by atoms with Gasteiger partial charge in [0.2, 0.25) is 5.91 Å². The highest BCUT2D eigenvalue weighted by atomic mass is 16.2. The van der Waals surface area contributed by atoms with Crippen molar-refractivity contribution in [2.24, 2.45) is 11.8 Å². The Labute approximate surface area is 90.7 Å². The van der Waals surface area contributed by atoms with Crippen LogP contribution in [0.2, 0.25) is 0 Å². The van der Waals surface area contributed by atoms with Crippen molar-refractivity contribution in [3.8, 4) is 0 Å². The van der Waals surface area contributed by atoms with Crippen molar-refractivity contribution in [2.45, 2.75) is 40.5 Å². The minimum Gasteiger partial charge on any atom is -0.273 e. The number of nitrogens with zero attached hydrogens (tertiary/aromatic N) is 3. The first-order valence-corrected chi connectivity index (χ1v) is 5.43. The molecule has 4 heteroatoms. The predicted molar refractivity (Wildman–Crippen MR) is 58.6 cm³/mol. The van der Waals surface area contributed by atoms with Crippen LogP contribution in [0.4, 0.5) is 0 Å². The van der Waals surface area contributed by atoms with E-state index in [0.717, 1.165) is 12.1 Å². The molecule has 15 heavy (non-hydrogen) atoms. The van der Waals surface area contributed by atoms with Gasteiger partial charge in [-0.05, 0) is 18.3 Å². The highest BCUT2D eigenvalue weighted by Crippen LogP contribution is 2.06. The van der Waals surface area contributed by atoms with E-state index in [4.69, 9.17) is 0 Å². The van der Waals surface area contributed by atoms with Crippen molar-refractivity contribution in [1.82, 2.24) is 15.0 Å². The van der Waals surface area contributed by atoms with E-state index in [2.05, 4.69) is 24.2 Å². The topological polar surface area (TPSA) is 47.8 Å². The van der Waals surface area contributed by atoms with Crippen LogP contribution in [-0.2, 0) is 6.42 Å². The molecule has 4 nitrogen and oxygen atoms in total. The zero-order valence-corrected chi connectivity index (χ0v) is 9.90. The minimum atomic E-state index is 0.0208. The maximum absolute atomic E-state index is 11.6. The maximum atomic E-state index is 11.6. The molecule has 1 heterocycles. The van der Waals surface area contributed by atoms with Gasteiger partial charge < -0.3 is 0 Å². The van der Waals surface area contributed by atoms with Crippen LogP contribution in [0.25, 0.3) is 0 Å². The Morgan fingerprint density at radius 1 is 1.33 bits per heavy atom. The molecule has 0 saturated heterocycles. The highest BCUT2D eigenvalue weighted by Gasteiger charge is 2.10. The SMILES string of the molecule is CC(C)CC(=O)n1cc(CC(C)C)nn1. The summed E-state index contributed by atoms with van der Waals surface area (Å²) in [5, 5.41) is 7.82. The first kappa shape index (κ1) is 11.9. The lowest BCUT2D eigenvalue weighted by molar-refractivity contribution is 0.0868. The fourth-order valence-electron chi connectivity index (χ4n) is 1.37. The normalized spacial score (nSPS) is 11.3. The van der Waals surface area contributed by atoms with Crippen molar-refractivity contribution in [3.63, 3.8) is 0 Å². The molecule has 0 bridgehead atoms. The summed E-state index contributed by atoms with van der Waals surface area (Å²) in [5.74, 6) is 0.915. The largest absolute Gasteiger partial charge is 0.273 e. The van der Waals surface area contributed by atoms with Crippen LogP contribution in [0.3, 0.4) is 0 Å². The van der Waals surface area contributed by atoms with Crippen molar-refractivity contribution in [1.29, 1.82) is 0 Å². The molecule has 0 amide bonds. The van der Waals surface area contributed by atoms with Gasteiger partial charge >= 0.3 is 0 Å². The second-order valence-corrected chi connectivity index (χ2v) is 4.74. The number of hydrogen-bond acceptors (Lipinski definition) is 3. The van der Waals surface area contributed by atoms with Crippen LogP contribution >= 0.6 is 0 Å². The summed E-state index contributed by atoms with van der Waals surface area (Å²) in [6.07, 6.45) is 3.13. The lowest BCUT2D eigenvalue weighted by atomic mass is 10.1. The van der Waals surface area contributed by atoms with E-state index < -0.39 is 0 Å². The van der Waals surface area contributed by atoms with E-state index in [1.807, 2.05) is 13.8 Å². The van der Waals surface area contributed by atoms with Gasteiger partial charge in [0, 0.05) is 6.42 Å². The number of carbonyl (C=O) groups excluding carboxylic acids is 1. The predicted octanol–water partition coefficient (Wildman–Crippen LogP) is 2.16. The Hall–Kier alpha value is -1.19. The van der Waals surface area contributed by atoms with Gasteiger partial charge in [-0.1, -0.05) is 32.9 Å². The smallest absolute Gasteiger partial charge is 0.248 e. The number of rotatable bonds is 4. The molecule has 0 saturated carbocycles. The quantitative estimate of drug-likeness (QED) is 0.763. The molecule has 0 N–H and O–H groups in total. The van der Waals surface area contributed by atoms with Gasteiger partial charge in [-0.3, -0.25) is 4.79 Å². The summed E-state index contributed by atoms with van der Waals surface area (Å²) in [6.45, 7) is 8.28. The summed E-state index contributed by atoms with van der Waals surface area (Å²) in [6, 6.07) is 0. The standard InChI is InChI=1S/C11H19N3O/c1-8(2)5-10-7-14(13-12-10)11(15)6-9(3)4/h7-9H,5-6H2,1-4H3. The fourth-order valence-corrected chi connectivity index (χ4v) is 1.37. The van der Waals surface area contributed by atoms with Crippen LogP contribution < -0.4 is 0 Å². The molecule has 1 aromatic heterocycles. The molecule has 0 aromatic carbocycles. The first-order chi connectivity index (χ1) is 6.99. The lowest BCUT2D eigenvalue weighted by Crippen LogP contribution is -2.13. The van der Waals surface area contributed by atoms with E-state index in [0.29, 0.717) is 18.3 Å². The maximum Gasteiger partial charge on any atom is 0.248 e. The van der Waals surface area contributed by atoms with Gasteiger partial charge in [-0.25, -0.2) is 0 Å². The second-order valence-electron chi connectivity index (χ2n) is 4.74. The van der Waals surface area contributed by atoms with Crippen molar-refractivity contribution >= 4 is 5.91 Å². The first-order valence-electron chi connectivity index (χ1n) is 5.43. The van der Waals surface area contributed by atoms with E-state index in [9.17, 15) is 4.79 Å². The molecule has 0 unspecified atom stereocenters. The van der Waals surface area contributed by atoms with Gasteiger partial charge in [0.05, 0.1) is 11.9 Å². The van der Waals surface area contributed by atoms with Gasteiger partial charge in [-0.15, -0.1) is 5.10 Å². The summed E-state index contributed by atoms with van der Waals surface area (Å²) in [5.41, 5.74) is 0.891. The van der Waals surface area contributed by atoms with Crippen molar-refractivity contribution in [3.05, 3.63) is 11.9 Å². The number of hydrogen-bond donors (Lipinski definition) is 0. The second kappa shape index (κ2) is 5.05. The number of carbonyl (C=O) groups is 1. The molecule has 0 spiro atoms. The van der Waals surface area contributed by atoms with E-state index in [1.165, 1.54) is 4.68 Å². The third-order valence-electron chi connectivity index (χ3n) is 2.00. The molecule has 1 aromatic rings. The summed E-state index contributed by atoms with van der Waals surface area (Å²) < 4.78 is 1.36. The molecule has 0 radical (unpaired) electrons. The third-order valence-corrected chi connectivity index (χ3v) is 2.00. The Balaban J connectivity index is 2.63. The Kier molecular flexibility index (Phi) is 4.00. The molecule has 0 aliphatic carbocycles. The average Bonchev–Trinajstić information content (AvgIpc) is 2.50. The molecule has 84 valence electrons. The Morgan fingerprint density at radius 2 is 2.00 bits per heavy atom. The average molecular weight is 209 g/mol. The van der Waals surface area contributed by atoms with Crippen LogP contribution in [0.5, 0.6) is 0 Å².